The van der Waals surface area contributed by atoms with Crippen molar-refractivity contribution in [1.82, 2.24) is 9.80 Å². The van der Waals surface area contributed by atoms with Crippen LogP contribution < -0.4 is 5.32 Å². The van der Waals surface area contributed by atoms with Crippen LogP contribution in [0.2, 0.25) is 5.02 Å². The Morgan fingerprint density at radius 2 is 1.76 bits per heavy atom. The summed E-state index contributed by atoms with van der Waals surface area (Å²) in [5.74, 6) is 0. The summed E-state index contributed by atoms with van der Waals surface area (Å²) in [6, 6.07) is 5.88. The molecule has 1 rings (SSSR count). The van der Waals surface area contributed by atoms with Gasteiger partial charge in [-0.25, -0.2) is 14.5 Å². The van der Waals surface area contributed by atoms with Crippen molar-refractivity contribution in [3.05, 3.63) is 29.3 Å². The van der Waals surface area contributed by atoms with Crippen LogP contribution in [-0.4, -0.2) is 43.0 Å². The van der Waals surface area contributed by atoms with Gasteiger partial charge in [0.2, 0.25) is 0 Å². The van der Waals surface area contributed by atoms with Crippen LogP contribution in [0, 0.1) is 0 Å². The van der Waals surface area contributed by atoms with Crippen LogP contribution >= 0.6 is 11.6 Å². The van der Waals surface area contributed by atoms with Crippen LogP contribution in [0.25, 0.3) is 0 Å². The Hall–Kier alpha value is -1.75. The number of carbonyl (C=O) groups is 2. The lowest BCUT2D eigenvalue weighted by Crippen LogP contribution is -2.42. The van der Waals surface area contributed by atoms with Gasteiger partial charge in [-0.2, -0.15) is 0 Å². The molecule has 0 saturated heterocycles. The van der Waals surface area contributed by atoms with E-state index in [1.807, 2.05) is 0 Å². The first-order valence-electron chi connectivity index (χ1n) is 4.94. The molecule has 0 aliphatic rings. The number of urea groups is 2. The van der Waals surface area contributed by atoms with E-state index in [1.54, 1.807) is 38.4 Å². The highest BCUT2D eigenvalue weighted by Gasteiger charge is 2.18. The Labute approximate surface area is 105 Å². The number of hydrogen-bond donors (Lipinski definition) is 1. The monoisotopic (exact) mass is 255 g/mol. The number of anilines is 1. The second-order valence-corrected chi connectivity index (χ2v) is 4.05. The van der Waals surface area contributed by atoms with E-state index < -0.39 is 12.1 Å². The number of para-hydroxylation sites is 1. The standard InChI is InChI=1S/C11H14ClN3O2/c1-14(2)11(17)15(3)10(16)13-9-7-5-4-6-8(9)12/h4-7H,1-3H3,(H,13,16). The Morgan fingerprint density at radius 1 is 1.18 bits per heavy atom. The van der Waals surface area contributed by atoms with E-state index >= 15 is 0 Å². The van der Waals surface area contributed by atoms with Gasteiger partial charge in [-0.15, -0.1) is 0 Å². The molecule has 5 nitrogen and oxygen atoms in total. The fraction of sp³-hybridized carbons (Fsp3) is 0.273. The number of hydrogen-bond acceptors (Lipinski definition) is 2. The zero-order valence-corrected chi connectivity index (χ0v) is 10.7. The summed E-state index contributed by atoms with van der Waals surface area (Å²) in [5, 5.41) is 2.98. The predicted octanol–water partition coefficient (Wildman–Crippen LogP) is 2.49. The minimum Gasteiger partial charge on any atom is -0.330 e. The lowest BCUT2D eigenvalue weighted by molar-refractivity contribution is 0.182. The largest absolute Gasteiger partial charge is 0.330 e. The predicted molar refractivity (Wildman–Crippen MR) is 67.3 cm³/mol. The zero-order valence-electron chi connectivity index (χ0n) is 9.90. The van der Waals surface area contributed by atoms with Crippen LogP contribution in [-0.2, 0) is 0 Å². The number of halogens is 1. The SMILES string of the molecule is CN(C)C(=O)N(C)C(=O)Nc1ccccc1Cl. The van der Waals surface area contributed by atoms with E-state index in [1.165, 1.54) is 11.9 Å². The van der Waals surface area contributed by atoms with Gasteiger partial charge in [0.25, 0.3) is 0 Å². The molecule has 1 N–H and O–H groups in total. The Morgan fingerprint density at radius 3 is 2.29 bits per heavy atom. The Kier molecular flexibility index (Phi) is 4.34. The van der Waals surface area contributed by atoms with E-state index in [-0.39, 0.29) is 0 Å². The number of imide groups is 1. The average molecular weight is 256 g/mol. The van der Waals surface area contributed by atoms with Crippen LogP contribution in [0.5, 0.6) is 0 Å². The van der Waals surface area contributed by atoms with Crippen molar-refractivity contribution in [2.24, 2.45) is 0 Å². The average Bonchev–Trinajstić information content (AvgIpc) is 2.30. The van der Waals surface area contributed by atoms with Gasteiger partial charge < -0.3 is 10.2 Å². The van der Waals surface area contributed by atoms with Gasteiger partial charge in [0, 0.05) is 21.1 Å². The third kappa shape index (κ3) is 3.35. The molecule has 0 unspecified atom stereocenters. The number of carbonyl (C=O) groups excluding carboxylic acids is 2. The lowest BCUT2D eigenvalue weighted by atomic mass is 10.3. The van der Waals surface area contributed by atoms with Crippen molar-refractivity contribution in [3.8, 4) is 0 Å². The van der Waals surface area contributed by atoms with Crippen molar-refractivity contribution in [2.75, 3.05) is 26.5 Å². The maximum Gasteiger partial charge on any atom is 0.329 e. The van der Waals surface area contributed by atoms with Crippen LogP contribution in [0.1, 0.15) is 0 Å². The van der Waals surface area contributed by atoms with Gasteiger partial charge in [0.05, 0.1) is 10.7 Å². The molecule has 6 heteroatoms. The molecule has 1 aromatic rings. The fourth-order valence-corrected chi connectivity index (χ4v) is 1.33. The molecule has 0 atom stereocenters. The van der Waals surface area contributed by atoms with Crippen molar-refractivity contribution in [1.29, 1.82) is 0 Å². The van der Waals surface area contributed by atoms with Crippen molar-refractivity contribution in [2.45, 2.75) is 0 Å². The van der Waals surface area contributed by atoms with E-state index in [9.17, 15) is 9.59 Å². The van der Waals surface area contributed by atoms with Gasteiger partial charge in [-0.3, -0.25) is 0 Å². The van der Waals surface area contributed by atoms with Crippen LogP contribution in [0.4, 0.5) is 15.3 Å². The second-order valence-electron chi connectivity index (χ2n) is 3.65. The number of benzene rings is 1. The molecule has 0 aliphatic carbocycles. The molecule has 0 saturated carbocycles. The number of nitrogens with zero attached hydrogens (tertiary/aromatic N) is 2. The molecule has 1 aromatic carbocycles. The van der Waals surface area contributed by atoms with Gasteiger partial charge in [0.15, 0.2) is 0 Å². The maximum atomic E-state index is 11.7. The number of rotatable bonds is 1. The second kappa shape index (κ2) is 5.54. The first-order valence-corrected chi connectivity index (χ1v) is 5.32. The van der Waals surface area contributed by atoms with Gasteiger partial charge in [0.1, 0.15) is 0 Å². The summed E-state index contributed by atoms with van der Waals surface area (Å²) < 4.78 is 0. The van der Waals surface area contributed by atoms with E-state index in [0.717, 1.165) is 4.90 Å². The topological polar surface area (TPSA) is 52.7 Å². The molecule has 0 aliphatic heterocycles. The van der Waals surface area contributed by atoms with Gasteiger partial charge in [-0.1, -0.05) is 23.7 Å². The minimum atomic E-state index is -0.531. The first-order chi connectivity index (χ1) is 7.93. The molecule has 92 valence electrons. The number of amides is 4. The third-order valence-electron chi connectivity index (χ3n) is 2.09. The normalized spacial score (nSPS) is 9.65. The summed E-state index contributed by atoms with van der Waals surface area (Å²) in [6.07, 6.45) is 0. The third-order valence-corrected chi connectivity index (χ3v) is 2.42. The lowest BCUT2D eigenvalue weighted by Gasteiger charge is -2.20. The summed E-state index contributed by atoms with van der Waals surface area (Å²) in [7, 11) is 4.54. The molecule has 0 bridgehead atoms. The Balaban J connectivity index is 2.73. The highest BCUT2D eigenvalue weighted by atomic mass is 35.5. The summed E-state index contributed by atoms with van der Waals surface area (Å²) in [6.45, 7) is 0. The van der Waals surface area contributed by atoms with E-state index in [0.29, 0.717) is 10.7 Å². The van der Waals surface area contributed by atoms with Crippen molar-refractivity contribution >= 4 is 29.4 Å². The molecule has 0 fully saturated rings. The molecular weight excluding hydrogens is 242 g/mol. The smallest absolute Gasteiger partial charge is 0.329 e. The van der Waals surface area contributed by atoms with Crippen molar-refractivity contribution in [3.63, 3.8) is 0 Å². The molecule has 0 aromatic heterocycles. The summed E-state index contributed by atoms with van der Waals surface area (Å²) in [4.78, 5) is 25.5. The Bertz CT molecular complexity index is 434. The quantitative estimate of drug-likeness (QED) is 0.838. The highest BCUT2D eigenvalue weighted by molar-refractivity contribution is 6.33. The molecule has 0 heterocycles. The van der Waals surface area contributed by atoms with Gasteiger partial charge >= 0.3 is 12.1 Å². The van der Waals surface area contributed by atoms with Crippen LogP contribution in [0.15, 0.2) is 24.3 Å². The van der Waals surface area contributed by atoms with Crippen molar-refractivity contribution < 1.29 is 9.59 Å². The minimum absolute atomic E-state index is 0.408. The van der Waals surface area contributed by atoms with E-state index in [4.69, 9.17) is 11.6 Å². The summed E-state index contributed by atoms with van der Waals surface area (Å²) in [5.41, 5.74) is 0.470. The molecular formula is C11H14ClN3O2. The van der Waals surface area contributed by atoms with E-state index in [2.05, 4.69) is 5.32 Å². The summed E-state index contributed by atoms with van der Waals surface area (Å²) >= 11 is 5.89. The fourth-order valence-electron chi connectivity index (χ4n) is 1.15. The molecule has 0 spiro atoms. The zero-order chi connectivity index (χ0) is 13.0. The number of nitrogens with one attached hydrogen (secondary N) is 1. The molecule has 17 heavy (non-hydrogen) atoms. The first kappa shape index (κ1) is 13.3. The molecule has 0 radical (unpaired) electrons. The van der Waals surface area contributed by atoms with Crippen LogP contribution in [0.3, 0.4) is 0 Å². The van der Waals surface area contributed by atoms with Gasteiger partial charge in [-0.05, 0) is 12.1 Å². The highest BCUT2D eigenvalue weighted by Crippen LogP contribution is 2.20. The maximum absolute atomic E-state index is 11.7. The molecule has 4 amide bonds.